The standard InChI is InChI=1S/C46H27N5OS/c1-3-12-28(13-4-1)43-48-44(29-14-5-2-6-15-29)50-45(49-43)30-22-23-40-37(25-30)47-46(52-40)31-16-11-17-32(24-31)51-38-20-9-7-18-33(38)35-26-36-34-19-8-10-21-41(34)53-42(36)27-39(35)51/h1-27H. The molecule has 4 heterocycles. The molecule has 4 aromatic heterocycles. The Bertz CT molecular complexity index is 3120. The van der Waals surface area contributed by atoms with Gasteiger partial charge in [0.15, 0.2) is 23.1 Å². The Kier molecular flexibility index (Phi) is 6.62. The highest BCUT2D eigenvalue weighted by atomic mass is 32.1. The quantitative estimate of drug-likeness (QED) is 0.179. The smallest absolute Gasteiger partial charge is 0.227 e. The van der Waals surface area contributed by atoms with Crippen LogP contribution in [-0.2, 0) is 0 Å². The number of aromatic nitrogens is 5. The summed E-state index contributed by atoms with van der Waals surface area (Å²) < 4.78 is 11.3. The van der Waals surface area contributed by atoms with Gasteiger partial charge in [0, 0.05) is 58.9 Å². The molecule has 0 N–H and O–H groups in total. The maximum absolute atomic E-state index is 6.40. The van der Waals surface area contributed by atoms with Crippen LogP contribution in [0.2, 0.25) is 0 Å². The van der Waals surface area contributed by atoms with Gasteiger partial charge in [-0.1, -0.05) is 103 Å². The van der Waals surface area contributed by atoms with Crippen LogP contribution >= 0.6 is 11.3 Å². The topological polar surface area (TPSA) is 69.6 Å². The van der Waals surface area contributed by atoms with Gasteiger partial charge in [0.1, 0.15) is 5.52 Å². The molecule has 7 aromatic carbocycles. The number of hydrogen-bond donors (Lipinski definition) is 0. The minimum atomic E-state index is 0.553. The predicted octanol–water partition coefficient (Wildman–Crippen LogP) is 12.1. The number of rotatable bonds is 5. The maximum Gasteiger partial charge on any atom is 0.227 e. The summed E-state index contributed by atoms with van der Waals surface area (Å²) in [6.45, 7) is 0. The molecule has 0 bridgehead atoms. The van der Waals surface area contributed by atoms with E-state index in [0.717, 1.165) is 39.0 Å². The van der Waals surface area contributed by atoms with Crippen LogP contribution in [0.3, 0.4) is 0 Å². The number of fused-ring (bicyclic) bond motifs is 7. The van der Waals surface area contributed by atoms with Crippen molar-refractivity contribution in [3.63, 3.8) is 0 Å². The molecule has 0 saturated heterocycles. The summed E-state index contributed by atoms with van der Waals surface area (Å²) in [5, 5.41) is 5.06. The Morgan fingerprint density at radius 1 is 0.415 bits per heavy atom. The van der Waals surface area contributed by atoms with Crippen molar-refractivity contribution in [1.29, 1.82) is 0 Å². The van der Waals surface area contributed by atoms with E-state index in [0.29, 0.717) is 28.9 Å². The Labute approximate surface area is 307 Å². The van der Waals surface area contributed by atoms with Crippen LogP contribution in [0.15, 0.2) is 168 Å². The molecule has 0 aliphatic rings. The van der Waals surface area contributed by atoms with Crippen LogP contribution in [0, 0.1) is 0 Å². The zero-order chi connectivity index (χ0) is 34.9. The molecule has 11 aromatic rings. The third kappa shape index (κ3) is 4.93. The first-order valence-electron chi connectivity index (χ1n) is 17.5. The largest absolute Gasteiger partial charge is 0.436 e. The molecule has 7 heteroatoms. The number of benzene rings is 7. The fourth-order valence-electron chi connectivity index (χ4n) is 7.37. The van der Waals surface area contributed by atoms with Gasteiger partial charge in [0.2, 0.25) is 5.89 Å². The fourth-order valence-corrected chi connectivity index (χ4v) is 8.49. The van der Waals surface area contributed by atoms with Crippen LogP contribution < -0.4 is 0 Å². The van der Waals surface area contributed by atoms with Gasteiger partial charge in [-0.15, -0.1) is 11.3 Å². The van der Waals surface area contributed by atoms with Gasteiger partial charge in [-0.25, -0.2) is 19.9 Å². The van der Waals surface area contributed by atoms with Crippen molar-refractivity contribution in [3.8, 4) is 51.3 Å². The van der Waals surface area contributed by atoms with Gasteiger partial charge in [-0.3, -0.25) is 0 Å². The highest BCUT2D eigenvalue weighted by Crippen LogP contribution is 2.41. The second-order valence-electron chi connectivity index (χ2n) is 13.1. The second-order valence-corrected chi connectivity index (χ2v) is 14.2. The molecule has 53 heavy (non-hydrogen) atoms. The molecule has 11 rings (SSSR count). The fraction of sp³-hybridized carbons (Fsp3) is 0. The summed E-state index contributed by atoms with van der Waals surface area (Å²) in [6.07, 6.45) is 0. The van der Waals surface area contributed by atoms with Gasteiger partial charge in [-0.05, 0) is 60.7 Å². The lowest BCUT2D eigenvalue weighted by molar-refractivity contribution is 0.620. The highest BCUT2D eigenvalue weighted by molar-refractivity contribution is 7.25. The van der Waals surface area contributed by atoms with Crippen molar-refractivity contribution in [2.75, 3.05) is 0 Å². The lowest BCUT2D eigenvalue weighted by atomic mass is 10.1. The molecular formula is C46H27N5OS. The van der Waals surface area contributed by atoms with E-state index in [-0.39, 0.29) is 0 Å². The number of para-hydroxylation sites is 1. The van der Waals surface area contributed by atoms with Crippen LogP contribution in [-0.4, -0.2) is 24.5 Å². The lowest BCUT2D eigenvalue weighted by Crippen LogP contribution is -2.00. The van der Waals surface area contributed by atoms with Crippen molar-refractivity contribution in [3.05, 3.63) is 164 Å². The maximum atomic E-state index is 6.40. The zero-order valence-electron chi connectivity index (χ0n) is 28.1. The zero-order valence-corrected chi connectivity index (χ0v) is 29.0. The molecule has 0 saturated carbocycles. The number of oxazole rings is 1. The minimum absolute atomic E-state index is 0.553. The summed E-state index contributed by atoms with van der Waals surface area (Å²) >= 11 is 1.84. The summed E-state index contributed by atoms with van der Waals surface area (Å²) in [5.74, 6) is 2.36. The third-order valence-corrected chi connectivity index (χ3v) is 11.0. The van der Waals surface area contributed by atoms with Gasteiger partial charge >= 0.3 is 0 Å². The summed E-state index contributed by atoms with van der Waals surface area (Å²) in [7, 11) is 0. The Morgan fingerprint density at radius 2 is 1.08 bits per heavy atom. The molecule has 6 nitrogen and oxygen atoms in total. The van der Waals surface area contributed by atoms with Crippen LogP contribution in [0.5, 0.6) is 0 Å². The van der Waals surface area contributed by atoms with Crippen molar-refractivity contribution in [1.82, 2.24) is 24.5 Å². The average molecular weight is 698 g/mol. The minimum Gasteiger partial charge on any atom is -0.436 e. The number of nitrogens with zero attached hydrogens (tertiary/aromatic N) is 5. The molecule has 0 aliphatic heterocycles. The van der Waals surface area contributed by atoms with E-state index in [4.69, 9.17) is 24.4 Å². The van der Waals surface area contributed by atoms with Crippen LogP contribution in [0.1, 0.15) is 0 Å². The lowest BCUT2D eigenvalue weighted by Gasteiger charge is -2.09. The summed E-state index contributed by atoms with van der Waals surface area (Å²) in [5.41, 5.74) is 8.38. The Balaban J connectivity index is 1.02. The van der Waals surface area contributed by atoms with Crippen molar-refractivity contribution in [2.45, 2.75) is 0 Å². The Morgan fingerprint density at radius 3 is 1.85 bits per heavy atom. The number of hydrogen-bond acceptors (Lipinski definition) is 6. The van der Waals surface area contributed by atoms with Crippen molar-refractivity contribution < 1.29 is 4.42 Å². The molecule has 248 valence electrons. The van der Waals surface area contributed by atoms with E-state index in [2.05, 4.69) is 89.5 Å². The molecule has 0 unspecified atom stereocenters. The van der Waals surface area contributed by atoms with E-state index in [1.807, 2.05) is 90.2 Å². The second kappa shape index (κ2) is 11.8. The van der Waals surface area contributed by atoms with E-state index in [9.17, 15) is 0 Å². The third-order valence-electron chi connectivity index (χ3n) is 9.87. The Hall–Kier alpha value is -6.96. The van der Waals surface area contributed by atoms with Crippen molar-refractivity contribution in [2.24, 2.45) is 0 Å². The van der Waals surface area contributed by atoms with Gasteiger partial charge in [-0.2, -0.15) is 0 Å². The van der Waals surface area contributed by atoms with Crippen LogP contribution in [0.25, 0.3) is 104 Å². The van der Waals surface area contributed by atoms with Gasteiger partial charge in [0.05, 0.1) is 11.0 Å². The van der Waals surface area contributed by atoms with E-state index >= 15 is 0 Å². The molecule has 0 atom stereocenters. The van der Waals surface area contributed by atoms with E-state index in [1.165, 1.54) is 36.5 Å². The van der Waals surface area contributed by atoms with E-state index in [1.54, 1.807) is 0 Å². The van der Waals surface area contributed by atoms with Gasteiger partial charge < -0.3 is 8.98 Å². The average Bonchev–Trinajstić information content (AvgIpc) is 3.92. The van der Waals surface area contributed by atoms with E-state index < -0.39 is 0 Å². The molecule has 0 aliphatic carbocycles. The predicted molar refractivity (Wildman–Crippen MR) is 216 cm³/mol. The van der Waals surface area contributed by atoms with Crippen molar-refractivity contribution >= 4 is 64.4 Å². The first-order valence-corrected chi connectivity index (χ1v) is 18.3. The summed E-state index contributed by atoms with van der Waals surface area (Å²) in [6, 6.07) is 56.4. The number of thiophene rings is 1. The molecular weight excluding hydrogens is 671 g/mol. The first-order chi connectivity index (χ1) is 26.2. The van der Waals surface area contributed by atoms with Crippen LogP contribution in [0.4, 0.5) is 0 Å². The monoisotopic (exact) mass is 697 g/mol. The molecule has 0 spiro atoms. The highest BCUT2D eigenvalue weighted by Gasteiger charge is 2.18. The SMILES string of the molecule is c1ccc(-c2nc(-c3ccccc3)nc(-c3ccc4oc(-c5cccc(-n6c7ccccc7c7cc8c(cc76)sc6ccccc68)c5)nc4c3)n2)cc1. The van der Waals surface area contributed by atoms with Gasteiger partial charge in [0.25, 0.3) is 0 Å². The first kappa shape index (κ1) is 29.7. The molecule has 0 fully saturated rings. The molecule has 0 radical (unpaired) electrons. The molecule has 0 amide bonds. The normalized spacial score (nSPS) is 11.8. The summed E-state index contributed by atoms with van der Waals surface area (Å²) in [4.78, 5) is 19.7.